The Kier molecular flexibility index (Phi) is 5.48. The Labute approximate surface area is 195 Å². The van der Waals surface area contributed by atoms with Crippen molar-refractivity contribution in [2.45, 2.75) is 13.0 Å². The maximum absolute atomic E-state index is 13.2. The molecule has 1 N–H and O–H groups in total. The number of methoxy groups -OCH3 is 2. The zero-order valence-corrected chi connectivity index (χ0v) is 18.9. The van der Waals surface area contributed by atoms with Gasteiger partial charge in [0.2, 0.25) is 0 Å². The van der Waals surface area contributed by atoms with Gasteiger partial charge in [-0.2, -0.15) is 5.10 Å². The minimum Gasteiger partial charge on any atom is -0.493 e. The Morgan fingerprint density at radius 1 is 1.12 bits per heavy atom. The number of rotatable bonds is 6. The lowest BCUT2D eigenvalue weighted by Crippen LogP contribution is -2.24. The number of hydrogen-bond acceptors (Lipinski definition) is 5. The van der Waals surface area contributed by atoms with Gasteiger partial charge in [0.15, 0.2) is 17.2 Å². The summed E-state index contributed by atoms with van der Waals surface area (Å²) in [6.45, 7) is 0.356. The van der Waals surface area contributed by atoms with Crippen molar-refractivity contribution in [2.24, 2.45) is 0 Å². The maximum Gasteiger partial charge on any atom is 0.272 e. The molecular formula is C25H21ClN4O3. The first kappa shape index (κ1) is 21.0. The van der Waals surface area contributed by atoms with Crippen LogP contribution in [0.5, 0.6) is 11.5 Å². The lowest BCUT2D eigenvalue weighted by molar-refractivity contribution is 0.0944. The van der Waals surface area contributed by atoms with Crippen molar-refractivity contribution < 1.29 is 14.3 Å². The van der Waals surface area contributed by atoms with E-state index in [2.05, 4.69) is 10.3 Å². The van der Waals surface area contributed by atoms with Crippen LogP contribution in [0.4, 0.5) is 0 Å². The number of hydrogen-bond donors (Lipinski definition) is 1. The normalized spacial score (nSPS) is 11.6. The van der Waals surface area contributed by atoms with Gasteiger partial charge in [-0.05, 0) is 41.5 Å². The number of pyridine rings is 1. The van der Waals surface area contributed by atoms with Crippen LogP contribution in [0, 0.1) is 0 Å². The zero-order valence-electron chi connectivity index (χ0n) is 18.1. The van der Waals surface area contributed by atoms with E-state index in [9.17, 15) is 4.79 Å². The second-order valence-corrected chi connectivity index (χ2v) is 8.03. The molecule has 0 spiro atoms. The van der Waals surface area contributed by atoms with Crippen LogP contribution < -0.4 is 14.8 Å². The summed E-state index contributed by atoms with van der Waals surface area (Å²) in [6, 6.07) is 15.1. The van der Waals surface area contributed by atoms with Crippen LogP contribution in [0.3, 0.4) is 0 Å². The van der Waals surface area contributed by atoms with E-state index in [4.69, 9.17) is 26.2 Å². The summed E-state index contributed by atoms with van der Waals surface area (Å²) in [6.07, 6.45) is 3.97. The summed E-state index contributed by atoms with van der Waals surface area (Å²) < 4.78 is 12.7. The van der Waals surface area contributed by atoms with Gasteiger partial charge in [0, 0.05) is 36.5 Å². The van der Waals surface area contributed by atoms with Crippen LogP contribution in [-0.4, -0.2) is 34.9 Å². The number of halogens is 1. The third-order valence-corrected chi connectivity index (χ3v) is 6.01. The highest BCUT2D eigenvalue weighted by molar-refractivity contribution is 6.32. The number of nitrogens with zero attached hydrogens (tertiary/aromatic N) is 3. The number of carbonyl (C=O) groups excluding carboxylic acids is 1. The van der Waals surface area contributed by atoms with Crippen molar-refractivity contribution in [3.8, 4) is 28.4 Å². The molecule has 7 nitrogen and oxygen atoms in total. The molecule has 2 aromatic heterocycles. The summed E-state index contributed by atoms with van der Waals surface area (Å²) in [5.41, 5.74) is 5.59. The SMILES string of the molecule is COc1cc2c(cc1OC)-c1c(c(C(=O)NCc3cccnc3)nn1-c1ccccc1Cl)C2. The van der Waals surface area contributed by atoms with E-state index >= 15 is 0 Å². The lowest BCUT2D eigenvalue weighted by atomic mass is 10.1. The number of nitrogens with one attached hydrogen (secondary N) is 1. The Morgan fingerprint density at radius 3 is 2.64 bits per heavy atom. The van der Waals surface area contributed by atoms with Gasteiger partial charge in [0.1, 0.15) is 0 Å². The van der Waals surface area contributed by atoms with Gasteiger partial charge >= 0.3 is 0 Å². The van der Waals surface area contributed by atoms with Crippen molar-refractivity contribution in [1.82, 2.24) is 20.1 Å². The molecule has 166 valence electrons. The Balaban J connectivity index is 1.61. The number of carbonyl (C=O) groups is 1. The average molecular weight is 461 g/mol. The zero-order chi connectivity index (χ0) is 22.9. The molecule has 0 saturated heterocycles. The largest absolute Gasteiger partial charge is 0.493 e. The molecule has 2 heterocycles. The lowest BCUT2D eigenvalue weighted by Gasteiger charge is -2.13. The molecule has 33 heavy (non-hydrogen) atoms. The minimum absolute atomic E-state index is 0.257. The highest BCUT2D eigenvalue weighted by atomic mass is 35.5. The van der Waals surface area contributed by atoms with Gasteiger partial charge < -0.3 is 14.8 Å². The van der Waals surface area contributed by atoms with Crippen LogP contribution in [0.2, 0.25) is 5.02 Å². The van der Waals surface area contributed by atoms with Gasteiger partial charge in [-0.1, -0.05) is 29.8 Å². The number of ether oxygens (including phenoxy) is 2. The molecule has 5 rings (SSSR count). The second kappa shape index (κ2) is 8.60. The quantitative estimate of drug-likeness (QED) is 0.405. The molecule has 0 fully saturated rings. The summed E-state index contributed by atoms with van der Waals surface area (Å²) in [5.74, 6) is 0.993. The standard InChI is InChI=1S/C25H21ClN4O3/c1-32-21-11-16-10-18-23(25(31)28-14-15-6-5-9-27-13-15)29-30(20-8-4-3-7-19(20)26)24(18)17(16)12-22(21)33-2/h3-9,11-13H,10,14H2,1-2H3,(H,28,31). The highest BCUT2D eigenvalue weighted by Crippen LogP contribution is 2.45. The molecular weight excluding hydrogens is 440 g/mol. The Bertz CT molecular complexity index is 1350. The summed E-state index contributed by atoms with van der Waals surface area (Å²) in [4.78, 5) is 17.3. The van der Waals surface area contributed by atoms with Gasteiger partial charge in [0.25, 0.3) is 5.91 Å². The van der Waals surface area contributed by atoms with Gasteiger partial charge in [-0.25, -0.2) is 4.68 Å². The fraction of sp³-hybridized carbons (Fsp3) is 0.160. The first-order valence-corrected chi connectivity index (χ1v) is 10.8. The highest BCUT2D eigenvalue weighted by Gasteiger charge is 2.32. The number of fused-ring (bicyclic) bond motifs is 3. The van der Waals surface area contributed by atoms with Crippen LogP contribution in [0.25, 0.3) is 16.9 Å². The molecule has 0 atom stereocenters. The van der Waals surface area contributed by atoms with E-state index < -0.39 is 0 Å². The third-order valence-electron chi connectivity index (χ3n) is 5.69. The molecule has 0 bridgehead atoms. The molecule has 4 aromatic rings. The topological polar surface area (TPSA) is 78.3 Å². The number of amides is 1. The monoisotopic (exact) mass is 460 g/mol. The number of benzene rings is 2. The van der Waals surface area contributed by atoms with E-state index in [1.165, 1.54) is 0 Å². The minimum atomic E-state index is -0.257. The molecule has 0 aliphatic heterocycles. The van der Waals surface area contributed by atoms with E-state index in [1.54, 1.807) is 37.4 Å². The number of aromatic nitrogens is 3. The first-order chi connectivity index (χ1) is 16.1. The molecule has 0 saturated carbocycles. The second-order valence-electron chi connectivity index (χ2n) is 7.62. The molecule has 1 amide bonds. The van der Waals surface area contributed by atoms with E-state index in [1.807, 2.05) is 42.5 Å². The van der Waals surface area contributed by atoms with E-state index in [-0.39, 0.29) is 5.91 Å². The van der Waals surface area contributed by atoms with Crippen molar-refractivity contribution in [2.75, 3.05) is 14.2 Å². The summed E-state index contributed by atoms with van der Waals surface area (Å²) >= 11 is 6.51. The van der Waals surface area contributed by atoms with Crippen LogP contribution in [0.15, 0.2) is 60.9 Å². The average Bonchev–Trinajstić information content (AvgIpc) is 3.39. The molecule has 0 radical (unpaired) electrons. The van der Waals surface area contributed by atoms with E-state index in [0.717, 1.165) is 27.9 Å². The van der Waals surface area contributed by atoms with Gasteiger partial charge in [0.05, 0.1) is 30.6 Å². The molecule has 0 unspecified atom stereocenters. The van der Waals surface area contributed by atoms with Crippen molar-refractivity contribution in [1.29, 1.82) is 0 Å². The van der Waals surface area contributed by atoms with Crippen molar-refractivity contribution in [3.05, 3.63) is 88.3 Å². The third kappa shape index (κ3) is 3.70. The predicted octanol–water partition coefficient (Wildman–Crippen LogP) is 4.44. The Morgan fingerprint density at radius 2 is 1.91 bits per heavy atom. The van der Waals surface area contributed by atoms with Crippen molar-refractivity contribution in [3.63, 3.8) is 0 Å². The molecule has 8 heteroatoms. The predicted molar refractivity (Wildman–Crippen MR) is 125 cm³/mol. The molecule has 1 aliphatic carbocycles. The first-order valence-electron chi connectivity index (χ1n) is 10.4. The molecule has 2 aromatic carbocycles. The maximum atomic E-state index is 13.2. The van der Waals surface area contributed by atoms with Crippen LogP contribution in [0.1, 0.15) is 27.2 Å². The smallest absolute Gasteiger partial charge is 0.272 e. The fourth-order valence-electron chi connectivity index (χ4n) is 4.12. The fourth-order valence-corrected chi connectivity index (χ4v) is 4.34. The van der Waals surface area contributed by atoms with Crippen molar-refractivity contribution >= 4 is 17.5 Å². The van der Waals surface area contributed by atoms with E-state index in [0.29, 0.717) is 40.9 Å². The summed E-state index contributed by atoms with van der Waals surface area (Å²) in [5, 5.41) is 8.20. The number of para-hydroxylation sites is 1. The molecule has 1 aliphatic rings. The van der Waals surface area contributed by atoms with Crippen LogP contribution >= 0.6 is 11.6 Å². The Hall–Kier alpha value is -3.84. The van der Waals surface area contributed by atoms with Crippen LogP contribution in [-0.2, 0) is 13.0 Å². The van der Waals surface area contributed by atoms with Gasteiger partial charge in [-0.15, -0.1) is 0 Å². The van der Waals surface area contributed by atoms with Gasteiger partial charge in [-0.3, -0.25) is 9.78 Å². The summed E-state index contributed by atoms with van der Waals surface area (Å²) in [7, 11) is 3.21.